The minimum Gasteiger partial charge on any atom is -0.329 e. The molecule has 0 bridgehead atoms. The first-order valence-electron chi connectivity index (χ1n) is 2.19. The van der Waals surface area contributed by atoms with E-state index in [-0.39, 0.29) is 18.4 Å². The Balaban J connectivity index is 3.27. The summed E-state index contributed by atoms with van der Waals surface area (Å²) in [5.74, 6) is 0. The Morgan fingerprint density at radius 1 is 1.89 bits per heavy atom. The summed E-state index contributed by atoms with van der Waals surface area (Å²) >= 11 is 0. The molecule has 53 valence electrons. The first-order valence-corrected chi connectivity index (χ1v) is 2.19. The van der Waals surface area contributed by atoms with Gasteiger partial charge in [-0.3, -0.25) is 0 Å². The van der Waals surface area contributed by atoms with Crippen LogP contribution in [-0.2, 0) is 0 Å². The molecule has 0 aliphatic rings. The maximum absolute atomic E-state index is 9.55. The second kappa shape index (κ2) is 4.01. The van der Waals surface area contributed by atoms with Gasteiger partial charge in [-0.1, -0.05) is 0 Å². The van der Waals surface area contributed by atoms with Gasteiger partial charge >= 0.3 is 0 Å². The lowest BCUT2D eigenvalue weighted by Gasteiger charge is -2.00. The number of nitro groups is 1. The van der Waals surface area contributed by atoms with Crippen LogP contribution in [0.4, 0.5) is 0 Å². The third-order valence-electron chi connectivity index (χ3n) is 0.502. The van der Waals surface area contributed by atoms with Crippen molar-refractivity contribution in [3.8, 4) is 0 Å². The maximum Gasteiger partial charge on any atom is 0.206 e. The Bertz CT molecular complexity index is 95.8. The molecule has 7 heteroatoms. The van der Waals surface area contributed by atoms with Crippen LogP contribution in [0.3, 0.4) is 0 Å². The third-order valence-corrected chi connectivity index (χ3v) is 0.502. The van der Waals surface area contributed by atoms with E-state index in [9.17, 15) is 10.1 Å². The van der Waals surface area contributed by atoms with Crippen LogP contribution >= 0.6 is 0 Å². The van der Waals surface area contributed by atoms with Crippen LogP contribution < -0.4 is 11.2 Å². The zero-order chi connectivity index (χ0) is 7.28. The monoisotopic (exact) mass is 135 g/mol. The fourth-order valence-corrected chi connectivity index (χ4v) is 0.199. The zero-order valence-electron chi connectivity index (χ0n) is 4.60. The smallest absolute Gasteiger partial charge is 0.206 e. The van der Waals surface area contributed by atoms with E-state index >= 15 is 0 Å². The largest absolute Gasteiger partial charge is 0.329 e. The van der Waals surface area contributed by atoms with Gasteiger partial charge in [0.2, 0.25) is 5.03 Å². The SMILES string of the molecule is NCC[N]N(O)[N+](=O)[O-]. The first kappa shape index (κ1) is 8.08. The maximum atomic E-state index is 9.55. The van der Waals surface area contributed by atoms with E-state index in [4.69, 9.17) is 10.9 Å². The van der Waals surface area contributed by atoms with E-state index < -0.39 is 5.03 Å². The number of hydrazine groups is 1. The lowest BCUT2D eigenvalue weighted by Crippen LogP contribution is -2.36. The molecule has 0 heterocycles. The van der Waals surface area contributed by atoms with Gasteiger partial charge in [-0.15, -0.1) is 0 Å². The molecule has 0 saturated heterocycles. The van der Waals surface area contributed by atoms with Gasteiger partial charge in [0.25, 0.3) is 0 Å². The quantitative estimate of drug-likeness (QED) is 0.354. The van der Waals surface area contributed by atoms with Gasteiger partial charge in [-0.05, 0) is 5.43 Å². The molecule has 0 aliphatic carbocycles. The van der Waals surface area contributed by atoms with Gasteiger partial charge in [0.05, 0.1) is 6.54 Å². The van der Waals surface area contributed by atoms with Crippen molar-refractivity contribution in [2.75, 3.05) is 13.1 Å². The summed E-state index contributed by atoms with van der Waals surface area (Å²) in [6, 6.07) is 0. The normalized spacial score (nSPS) is 9.11. The molecule has 0 aromatic heterocycles. The van der Waals surface area contributed by atoms with Crippen LogP contribution in [0.1, 0.15) is 0 Å². The Morgan fingerprint density at radius 3 is 2.78 bits per heavy atom. The van der Waals surface area contributed by atoms with E-state index in [1.54, 1.807) is 0 Å². The topological polar surface area (TPSA) is 107 Å². The molecule has 0 unspecified atom stereocenters. The molecular formula is C2H7N4O3. The number of hydrogen-bond acceptors (Lipinski definition) is 4. The Hall–Kier alpha value is -0.920. The van der Waals surface area contributed by atoms with Gasteiger partial charge in [0, 0.05) is 6.54 Å². The van der Waals surface area contributed by atoms with Crippen molar-refractivity contribution >= 4 is 0 Å². The molecule has 0 amide bonds. The number of hydrogen-bond donors (Lipinski definition) is 2. The molecule has 0 rings (SSSR count). The fourth-order valence-electron chi connectivity index (χ4n) is 0.199. The van der Waals surface area contributed by atoms with Gasteiger partial charge in [0.1, 0.15) is 5.28 Å². The molecule has 3 N–H and O–H groups in total. The highest BCUT2D eigenvalue weighted by molar-refractivity contribution is 4.31. The van der Waals surface area contributed by atoms with Crippen molar-refractivity contribution in [2.45, 2.75) is 0 Å². The molecule has 0 saturated carbocycles. The number of nitrogens with zero attached hydrogens (tertiary/aromatic N) is 3. The van der Waals surface area contributed by atoms with Gasteiger partial charge < -0.3 is 5.73 Å². The second-order valence-corrected chi connectivity index (χ2v) is 1.16. The van der Waals surface area contributed by atoms with Crippen molar-refractivity contribution in [2.24, 2.45) is 5.73 Å². The Kier molecular flexibility index (Phi) is 3.60. The van der Waals surface area contributed by atoms with Crippen LogP contribution in [0.25, 0.3) is 0 Å². The van der Waals surface area contributed by atoms with Crippen LogP contribution in [0.15, 0.2) is 0 Å². The molecular weight excluding hydrogens is 128 g/mol. The highest BCUT2D eigenvalue weighted by Gasteiger charge is 2.08. The lowest BCUT2D eigenvalue weighted by molar-refractivity contribution is -0.745. The molecule has 0 fully saturated rings. The van der Waals surface area contributed by atoms with Gasteiger partial charge in [-0.2, -0.15) is 0 Å². The summed E-state index contributed by atoms with van der Waals surface area (Å²) < 4.78 is 0. The predicted molar refractivity (Wildman–Crippen MR) is 26.7 cm³/mol. The summed E-state index contributed by atoms with van der Waals surface area (Å²) in [6.07, 6.45) is 0. The summed E-state index contributed by atoms with van der Waals surface area (Å²) in [7, 11) is 0. The summed E-state index contributed by atoms with van der Waals surface area (Å²) in [5, 5.41) is 16.3. The molecule has 0 aliphatic heterocycles. The van der Waals surface area contributed by atoms with E-state index in [2.05, 4.69) is 5.43 Å². The number of rotatable bonds is 4. The Morgan fingerprint density at radius 2 is 2.44 bits per heavy atom. The van der Waals surface area contributed by atoms with Crippen molar-refractivity contribution < 1.29 is 10.2 Å². The molecule has 0 atom stereocenters. The molecule has 1 radical (unpaired) electrons. The van der Waals surface area contributed by atoms with E-state index in [1.807, 2.05) is 0 Å². The Labute approximate surface area is 51.1 Å². The van der Waals surface area contributed by atoms with Crippen molar-refractivity contribution in [3.63, 3.8) is 0 Å². The van der Waals surface area contributed by atoms with E-state index in [1.165, 1.54) is 0 Å². The summed E-state index contributed by atoms with van der Waals surface area (Å²) in [6.45, 7) is 0.211. The highest BCUT2D eigenvalue weighted by atomic mass is 16.8. The standard InChI is InChI=1S/C2H7N4O3/c3-1-2-4-5(7)6(8)9/h7H,1-3H2. The lowest BCUT2D eigenvalue weighted by atomic mass is 10.7. The molecule has 7 nitrogen and oxygen atoms in total. The predicted octanol–water partition coefficient (Wildman–Crippen LogP) is -1.65. The number of nitrogens with two attached hydrogens (primary N) is 1. The summed E-state index contributed by atoms with van der Waals surface area (Å²) in [4.78, 5) is 9.55. The average molecular weight is 135 g/mol. The molecule has 0 spiro atoms. The van der Waals surface area contributed by atoms with Gasteiger partial charge in [0.15, 0.2) is 0 Å². The molecule has 0 aromatic rings. The minimum absolute atomic E-state index is 0.0392. The van der Waals surface area contributed by atoms with E-state index in [0.29, 0.717) is 0 Å². The van der Waals surface area contributed by atoms with Crippen LogP contribution in [-0.4, -0.2) is 28.6 Å². The average Bonchev–Trinajstić information content (AvgIpc) is 1.82. The van der Waals surface area contributed by atoms with Crippen molar-refractivity contribution in [1.82, 2.24) is 10.7 Å². The third kappa shape index (κ3) is 3.64. The van der Waals surface area contributed by atoms with Crippen LogP contribution in [0.2, 0.25) is 0 Å². The molecule has 9 heavy (non-hydrogen) atoms. The summed E-state index contributed by atoms with van der Waals surface area (Å²) in [5.41, 5.74) is 7.93. The van der Waals surface area contributed by atoms with Crippen LogP contribution in [0, 0.1) is 10.1 Å². The fraction of sp³-hybridized carbons (Fsp3) is 1.00. The van der Waals surface area contributed by atoms with Crippen LogP contribution in [0.5, 0.6) is 0 Å². The zero-order valence-corrected chi connectivity index (χ0v) is 4.60. The van der Waals surface area contributed by atoms with Gasteiger partial charge in [-0.25, -0.2) is 15.3 Å². The molecule has 0 aromatic carbocycles. The first-order chi connectivity index (χ1) is 4.18. The van der Waals surface area contributed by atoms with E-state index in [0.717, 1.165) is 0 Å². The van der Waals surface area contributed by atoms with Crippen molar-refractivity contribution in [3.05, 3.63) is 10.1 Å². The minimum atomic E-state index is -1.06. The highest BCUT2D eigenvalue weighted by Crippen LogP contribution is 1.73. The van der Waals surface area contributed by atoms with Crippen molar-refractivity contribution in [1.29, 1.82) is 0 Å². The second-order valence-electron chi connectivity index (χ2n) is 1.16.